The SMILES string of the molecule is COc1cc(C(C)C)ccc1CC1CCC(=O)CC1. The van der Waals surface area contributed by atoms with Gasteiger partial charge in [-0.25, -0.2) is 0 Å². The zero-order valence-electron chi connectivity index (χ0n) is 12.2. The van der Waals surface area contributed by atoms with Crippen molar-refractivity contribution < 1.29 is 9.53 Å². The van der Waals surface area contributed by atoms with Crippen molar-refractivity contribution in [1.29, 1.82) is 0 Å². The highest BCUT2D eigenvalue weighted by Crippen LogP contribution is 2.31. The van der Waals surface area contributed by atoms with Crippen LogP contribution in [0.25, 0.3) is 0 Å². The molecule has 2 heteroatoms. The third-order valence-corrected chi connectivity index (χ3v) is 4.15. The average molecular weight is 260 g/mol. The van der Waals surface area contributed by atoms with Crippen LogP contribution in [-0.4, -0.2) is 12.9 Å². The van der Waals surface area contributed by atoms with Crippen LogP contribution in [0.15, 0.2) is 18.2 Å². The fourth-order valence-corrected chi connectivity index (χ4v) is 2.80. The van der Waals surface area contributed by atoms with E-state index in [-0.39, 0.29) is 0 Å². The molecule has 0 N–H and O–H groups in total. The first-order valence-corrected chi connectivity index (χ1v) is 7.28. The molecule has 1 aliphatic carbocycles. The summed E-state index contributed by atoms with van der Waals surface area (Å²) in [6, 6.07) is 6.56. The van der Waals surface area contributed by atoms with Crippen molar-refractivity contribution >= 4 is 5.78 Å². The van der Waals surface area contributed by atoms with E-state index in [2.05, 4.69) is 32.0 Å². The van der Waals surface area contributed by atoms with Gasteiger partial charge < -0.3 is 4.74 Å². The number of carbonyl (C=O) groups is 1. The second-order valence-electron chi connectivity index (χ2n) is 5.91. The van der Waals surface area contributed by atoms with Gasteiger partial charge in [-0.2, -0.15) is 0 Å². The Morgan fingerprint density at radius 2 is 1.95 bits per heavy atom. The molecule has 1 aromatic rings. The largest absolute Gasteiger partial charge is 0.496 e. The van der Waals surface area contributed by atoms with Crippen LogP contribution < -0.4 is 4.74 Å². The number of ketones is 1. The molecule has 2 nitrogen and oxygen atoms in total. The van der Waals surface area contributed by atoms with Gasteiger partial charge in [-0.3, -0.25) is 4.79 Å². The smallest absolute Gasteiger partial charge is 0.132 e. The second-order valence-corrected chi connectivity index (χ2v) is 5.91. The summed E-state index contributed by atoms with van der Waals surface area (Å²) in [7, 11) is 1.74. The first-order valence-electron chi connectivity index (χ1n) is 7.28. The number of Topliss-reactive ketones (excluding diaryl/α,β-unsaturated/α-hetero) is 1. The van der Waals surface area contributed by atoms with Gasteiger partial charge in [0.2, 0.25) is 0 Å². The van der Waals surface area contributed by atoms with Gasteiger partial charge >= 0.3 is 0 Å². The van der Waals surface area contributed by atoms with Gasteiger partial charge in [0.25, 0.3) is 0 Å². The molecule has 0 aliphatic heterocycles. The molecule has 0 atom stereocenters. The van der Waals surface area contributed by atoms with Crippen LogP contribution in [0.3, 0.4) is 0 Å². The van der Waals surface area contributed by atoms with Gasteiger partial charge in [0.05, 0.1) is 7.11 Å². The summed E-state index contributed by atoms with van der Waals surface area (Å²) < 4.78 is 5.53. The number of rotatable bonds is 4. The third kappa shape index (κ3) is 3.59. The van der Waals surface area contributed by atoms with E-state index in [9.17, 15) is 4.79 Å². The second kappa shape index (κ2) is 6.23. The highest BCUT2D eigenvalue weighted by Gasteiger charge is 2.20. The van der Waals surface area contributed by atoms with E-state index >= 15 is 0 Å². The topological polar surface area (TPSA) is 26.3 Å². The van der Waals surface area contributed by atoms with E-state index in [0.29, 0.717) is 17.6 Å². The summed E-state index contributed by atoms with van der Waals surface area (Å²) in [4.78, 5) is 11.3. The van der Waals surface area contributed by atoms with Crippen molar-refractivity contribution in [2.45, 2.75) is 51.9 Å². The molecule has 0 amide bonds. The molecule has 1 aliphatic rings. The predicted octanol–water partition coefficient (Wildman–Crippen LogP) is 4.12. The lowest BCUT2D eigenvalue weighted by Gasteiger charge is -2.22. The standard InChI is InChI=1S/C17H24O2/c1-12(2)14-6-7-15(17(11-14)19-3)10-13-4-8-16(18)9-5-13/h6-7,11-13H,4-5,8-10H2,1-3H3. The normalized spacial score (nSPS) is 16.9. The van der Waals surface area contributed by atoms with E-state index < -0.39 is 0 Å². The first kappa shape index (κ1) is 14.1. The van der Waals surface area contributed by atoms with E-state index in [1.54, 1.807) is 7.11 Å². The van der Waals surface area contributed by atoms with Crippen molar-refractivity contribution in [2.24, 2.45) is 5.92 Å². The summed E-state index contributed by atoms with van der Waals surface area (Å²) in [6.07, 6.45) is 4.63. The number of benzene rings is 1. The molecule has 2 rings (SSSR count). The number of hydrogen-bond acceptors (Lipinski definition) is 2. The summed E-state index contributed by atoms with van der Waals surface area (Å²) in [5, 5.41) is 0. The molecule has 0 aromatic heterocycles. The Hall–Kier alpha value is -1.31. The molecule has 104 valence electrons. The minimum absolute atomic E-state index is 0.429. The Morgan fingerprint density at radius 3 is 2.53 bits per heavy atom. The lowest BCUT2D eigenvalue weighted by atomic mass is 9.83. The van der Waals surface area contributed by atoms with E-state index in [0.717, 1.165) is 37.9 Å². The van der Waals surface area contributed by atoms with Crippen molar-refractivity contribution in [3.05, 3.63) is 29.3 Å². The molecule has 0 heterocycles. The first-order chi connectivity index (χ1) is 9.10. The van der Waals surface area contributed by atoms with Crippen molar-refractivity contribution in [2.75, 3.05) is 7.11 Å². The summed E-state index contributed by atoms with van der Waals surface area (Å²) in [6.45, 7) is 4.39. The lowest BCUT2D eigenvalue weighted by Crippen LogP contribution is -2.16. The van der Waals surface area contributed by atoms with Crippen LogP contribution in [0.4, 0.5) is 0 Å². The van der Waals surface area contributed by atoms with E-state index in [1.165, 1.54) is 11.1 Å². The average Bonchev–Trinajstić information content (AvgIpc) is 2.41. The number of hydrogen-bond donors (Lipinski definition) is 0. The Bertz CT molecular complexity index is 439. The van der Waals surface area contributed by atoms with Gasteiger partial charge in [-0.1, -0.05) is 26.0 Å². The van der Waals surface area contributed by atoms with Gasteiger partial charge in [-0.15, -0.1) is 0 Å². The molecular formula is C17H24O2. The fraction of sp³-hybridized carbons (Fsp3) is 0.588. The Morgan fingerprint density at radius 1 is 1.26 bits per heavy atom. The molecule has 1 fully saturated rings. The van der Waals surface area contributed by atoms with Gasteiger partial charge in [0.15, 0.2) is 0 Å². The van der Waals surface area contributed by atoms with Gasteiger partial charge in [0.1, 0.15) is 11.5 Å². The number of carbonyl (C=O) groups excluding carboxylic acids is 1. The van der Waals surface area contributed by atoms with Crippen LogP contribution in [0.2, 0.25) is 0 Å². The molecule has 0 unspecified atom stereocenters. The van der Waals surface area contributed by atoms with Crippen LogP contribution in [0, 0.1) is 5.92 Å². The maximum atomic E-state index is 11.3. The Balaban J connectivity index is 2.09. The highest BCUT2D eigenvalue weighted by atomic mass is 16.5. The maximum absolute atomic E-state index is 11.3. The molecule has 0 spiro atoms. The van der Waals surface area contributed by atoms with Crippen molar-refractivity contribution in [3.8, 4) is 5.75 Å². The number of ether oxygens (including phenoxy) is 1. The van der Waals surface area contributed by atoms with Crippen molar-refractivity contribution in [3.63, 3.8) is 0 Å². The zero-order chi connectivity index (χ0) is 13.8. The van der Waals surface area contributed by atoms with Crippen LogP contribution >= 0.6 is 0 Å². The molecule has 0 radical (unpaired) electrons. The highest BCUT2D eigenvalue weighted by molar-refractivity contribution is 5.79. The van der Waals surface area contributed by atoms with Crippen LogP contribution in [0.5, 0.6) is 5.75 Å². The minimum atomic E-state index is 0.429. The fourth-order valence-electron chi connectivity index (χ4n) is 2.80. The molecule has 0 saturated heterocycles. The summed E-state index contributed by atoms with van der Waals surface area (Å²) >= 11 is 0. The molecule has 1 saturated carbocycles. The summed E-state index contributed by atoms with van der Waals surface area (Å²) in [5.74, 6) is 2.59. The zero-order valence-corrected chi connectivity index (χ0v) is 12.2. The Kier molecular flexibility index (Phi) is 4.62. The third-order valence-electron chi connectivity index (χ3n) is 4.15. The summed E-state index contributed by atoms with van der Waals surface area (Å²) in [5.41, 5.74) is 2.60. The van der Waals surface area contributed by atoms with E-state index in [4.69, 9.17) is 4.74 Å². The number of methoxy groups -OCH3 is 1. The monoisotopic (exact) mass is 260 g/mol. The van der Waals surface area contributed by atoms with Crippen LogP contribution in [0.1, 0.15) is 56.6 Å². The molecular weight excluding hydrogens is 236 g/mol. The lowest BCUT2D eigenvalue weighted by molar-refractivity contribution is -0.121. The maximum Gasteiger partial charge on any atom is 0.132 e. The molecule has 1 aromatic carbocycles. The van der Waals surface area contributed by atoms with E-state index in [1.807, 2.05) is 0 Å². The van der Waals surface area contributed by atoms with Gasteiger partial charge in [0, 0.05) is 12.8 Å². The van der Waals surface area contributed by atoms with Crippen molar-refractivity contribution in [1.82, 2.24) is 0 Å². The predicted molar refractivity (Wildman–Crippen MR) is 77.8 cm³/mol. The molecule has 19 heavy (non-hydrogen) atoms. The van der Waals surface area contributed by atoms with Gasteiger partial charge in [-0.05, 0) is 48.3 Å². The molecule has 0 bridgehead atoms. The minimum Gasteiger partial charge on any atom is -0.496 e. The Labute approximate surface area is 116 Å². The quantitative estimate of drug-likeness (QED) is 0.814. The van der Waals surface area contributed by atoms with Crippen LogP contribution in [-0.2, 0) is 11.2 Å².